The van der Waals surface area contributed by atoms with Gasteiger partial charge < -0.3 is 5.32 Å². The molecular weight excluding hydrogens is 279 g/mol. The van der Waals surface area contributed by atoms with E-state index in [1.165, 1.54) is 12.1 Å². The molecule has 2 unspecified atom stereocenters. The molecule has 0 heterocycles. The predicted octanol–water partition coefficient (Wildman–Crippen LogP) is 2.26. The third-order valence-electron chi connectivity index (χ3n) is 3.52. The topological polar surface area (TPSA) is 58.2 Å². The molecule has 0 aromatic heterocycles. The molecule has 0 aliphatic carbocycles. The Morgan fingerprint density at radius 1 is 1.30 bits per heavy atom. The molecule has 2 atom stereocenters. The Balaban J connectivity index is 3.11. The van der Waals surface area contributed by atoms with Crippen molar-refractivity contribution in [3.63, 3.8) is 0 Å². The van der Waals surface area contributed by atoms with Crippen LogP contribution in [0.4, 0.5) is 4.39 Å². The molecule has 0 amide bonds. The van der Waals surface area contributed by atoms with Crippen molar-refractivity contribution in [3.8, 4) is 0 Å². The first kappa shape index (κ1) is 17.1. The molecule has 0 fully saturated rings. The summed E-state index contributed by atoms with van der Waals surface area (Å²) in [5.74, 6) is -0.340. The van der Waals surface area contributed by atoms with E-state index < -0.39 is 15.8 Å². The van der Waals surface area contributed by atoms with Crippen LogP contribution in [0.2, 0.25) is 0 Å². The molecule has 0 spiro atoms. The van der Waals surface area contributed by atoms with E-state index in [1.807, 2.05) is 20.8 Å². The smallest absolute Gasteiger partial charge is 0.241 e. The van der Waals surface area contributed by atoms with Crippen LogP contribution in [0.1, 0.15) is 32.8 Å². The van der Waals surface area contributed by atoms with Crippen LogP contribution in [-0.2, 0) is 16.6 Å². The van der Waals surface area contributed by atoms with Crippen molar-refractivity contribution in [1.29, 1.82) is 0 Å². The maximum absolute atomic E-state index is 13.4. The number of hydrogen-bond donors (Lipinski definition) is 2. The van der Waals surface area contributed by atoms with Gasteiger partial charge in [-0.3, -0.25) is 0 Å². The fourth-order valence-corrected chi connectivity index (χ4v) is 3.49. The molecule has 1 aromatic rings. The number of sulfonamides is 1. The Morgan fingerprint density at radius 2 is 1.95 bits per heavy atom. The third kappa shape index (κ3) is 4.26. The highest BCUT2D eigenvalue weighted by Gasteiger charge is 2.23. The molecule has 6 heteroatoms. The van der Waals surface area contributed by atoms with Crippen molar-refractivity contribution >= 4 is 10.0 Å². The van der Waals surface area contributed by atoms with E-state index in [1.54, 1.807) is 7.05 Å². The monoisotopic (exact) mass is 302 g/mol. The molecular formula is C14H23FN2O2S. The van der Waals surface area contributed by atoms with Crippen molar-refractivity contribution in [2.24, 2.45) is 5.92 Å². The minimum Gasteiger partial charge on any atom is -0.316 e. The van der Waals surface area contributed by atoms with Gasteiger partial charge in [-0.2, -0.15) is 0 Å². The summed E-state index contributed by atoms with van der Waals surface area (Å²) in [6.45, 7) is 6.17. The lowest BCUT2D eigenvalue weighted by atomic mass is 10.0. The van der Waals surface area contributed by atoms with Gasteiger partial charge in [-0.1, -0.05) is 26.3 Å². The first-order chi connectivity index (χ1) is 9.31. The second-order valence-corrected chi connectivity index (χ2v) is 6.76. The quantitative estimate of drug-likeness (QED) is 0.812. The van der Waals surface area contributed by atoms with E-state index in [0.717, 1.165) is 12.5 Å². The molecule has 20 heavy (non-hydrogen) atoms. The number of nitrogens with one attached hydrogen (secondary N) is 2. The zero-order valence-corrected chi connectivity index (χ0v) is 13.2. The molecule has 1 rings (SSSR count). The van der Waals surface area contributed by atoms with Crippen LogP contribution in [0, 0.1) is 11.7 Å². The van der Waals surface area contributed by atoms with Gasteiger partial charge >= 0.3 is 0 Å². The summed E-state index contributed by atoms with van der Waals surface area (Å²) in [7, 11) is -2.00. The lowest BCUT2D eigenvalue weighted by molar-refractivity contribution is 0.433. The highest BCUT2D eigenvalue weighted by molar-refractivity contribution is 7.89. The molecule has 0 saturated heterocycles. The van der Waals surface area contributed by atoms with E-state index in [-0.39, 0.29) is 16.9 Å². The molecule has 0 saturated carbocycles. The summed E-state index contributed by atoms with van der Waals surface area (Å²) >= 11 is 0. The van der Waals surface area contributed by atoms with Crippen LogP contribution < -0.4 is 10.0 Å². The van der Waals surface area contributed by atoms with Crippen LogP contribution in [-0.4, -0.2) is 21.5 Å². The summed E-state index contributed by atoms with van der Waals surface area (Å²) in [4.78, 5) is 0.00185. The fraction of sp³-hybridized carbons (Fsp3) is 0.571. The zero-order chi connectivity index (χ0) is 15.3. The van der Waals surface area contributed by atoms with E-state index in [9.17, 15) is 12.8 Å². The second-order valence-electron chi connectivity index (χ2n) is 5.08. The minimum atomic E-state index is -3.72. The first-order valence-corrected chi connectivity index (χ1v) is 8.25. The van der Waals surface area contributed by atoms with Gasteiger partial charge in [0.2, 0.25) is 10.0 Å². The maximum atomic E-state index is 13.4. The van der Waals surface area contributed by atoms with Crippen molar-refractivity contribution in [2.45, 2.75) is 44.7 Å². The van der Waals surface area contributed by atoms with Gasteiger partial charge in [0, 0.05) is 12.6 Å². The van der Waals surface area contributed by atoms with Crippen LogP contribution in [0.3, 0.4) is 0 Å². The van der Waals surface area contributed by atoms with Gasteiger partial charge in [-0.25, -0.2) is 17.5 Å². The number of benzene rings is 1. The van der Waals surface area contributed by atoms with Gasteiger partial charge in [0.25, 0.3) is 0 Å². The summed E-state index contributed by atoms with van der Waals surface area (Å²) in [6, 6.07) is 3.63. The lowest BCUT2D eigenvalue weighted by Crippen LogP contribution is -2.37. The summed E-state index contributed by atoms with van der Waals surface area (Å²) < 4.78 is 40.8. The van der Waals surface area contributed by atoms with Crippen molar-refractivity contribution in [1.82, 2.24) is 10.0 Å². The highest BCUT2D eigenvalue weighted by atomic mass is 32.2. The van der Waals surface area contributed by atoms with Gasteiger partial charge in [0.15, 0.2) is 0 Å². The van der Waals surface area contributed by atoms with Gasteiger partial charge in [-0.05, 0) is 37.6 Å². The Bertz CT molecular complexity index is 546. The highest BCUT2D eigenvalue weighted by Crippen LogP contribution is 2.19. The first-order valence-electron chi connectivity index (χ1n) is 6.77. The van der Waals surface area contributed by atoms with Crippen molar-refractivity contribution in [2.75, 3.05) is 7.05 Å². The van der Waals surface area contributed by atoms with E-state index >= 15 is 0 Å². The summed E-state index contributed by atoms with van der Waals surface area (Å²) in [5.41, 5.74) is 0.553. The largest absolute Gasteiger partial charge is 0.316 e. The van der Waals surface area contributed by atoms with Gasteiger partial charge in [0.05, 0.1) is 4.90 Å². The normalized spacial score (nSPS) is 15.1. The van der Waals surface area contributed by atoms with Gasteiger partial charge in [-0.15, -0.1) is 0 Å². The molecule has 114 valence electrons. The molecule has 2 N–H and O–H groups in total. The zero-order valence-electron chi connectivity index (χ0n) is 12.4. The maximum Gasteiger partial charge on any atom is 0.241 e. The summed E-state index contributed by atoms with van der Waals surface area (Å²) in [6.07, 6.45) is 0.871. The van der Waals surface area contributed by atoms with Crippen LogP contribution in [0.25, 0.3) is 0 Å². The van der Waals surface area contributed by atoms with E-state index in [4.69, 9.17) is 0 Å². The average Bonchev–Trinajstić information content (AvgIpc) is 2.39. The SMILES string of the molecule is CCC(C)C(C)NS(=O)(=O)c1cc(F)ccc1CNC. The third-order valence-corrected chi connectivity index (χ3v) is 5.17. The lowest BCUT2D eigenvalue weighted by Gasteiger charge is -2.21. The van der Waals surface area contributed by atoms with E-state index in [2.05, 4.69) is 10.0 Å². The molecule has 0 aliphatic heterocycles. The van der Waals surface area contributed by atoms with Gasteiger partial charge in [0.1, 0.15) is 5.82 Å². The Hall–Kier alpha value is -0.980. The number of hydrogen-bond acceptors (Lipinski definition) is 3. The molecule has 0 bridgehead atoms. The van der Waals surface area contributed by atoms with Crippen molar-refractivity contribution in [3.05, 3.63) is 29.6 Å². The molecule has 1 aromatic carbocycles. The number of halogens is 1. The Morgan fingerprint density at radius 3 is 2.50 bits per heavy atom. The van der Waals surface area contributed by atoms with E-state index in [0.29, 0.717) is 12.1 Å². The second kappa shape index (κ2) is 7.15. The van der Waals surface area contributed by atoms with Crippen LogP contribution >= 0.6 is 0 Å². The molecule has 0 aliphatic rings. The average molecular weight is 302 g/mol. The Kier molecular flexibility index (Phi) is 6.10. The predicted molar refractivity (Wildman–Crippen MR) is 78.4 cm³/mol. The molecule has 4 nitrogen and oxygen atoms in total. The van der Waals surface area contributed by atoms with Crippen LogP contribution in [0.15, 0.2) is 23.1 Å². The Labute approximate surface area is 120 Å². The summed E-state index contributed by atoms with van der Waals surface area (Å²) in [5, 5.41) is 2.89. The van der Waals surface area contributed by atoms with Crippen LogP contribution in [0.5, 0.6) is 0 Å². The molecule has 0 radical (unpaired) electrons. The fourth-order valence-electron chi connectivity index (χ4n) is 1.89. The standard InChI is InChI=1S/C14H23FN2O2S/c1-5-10(2)11(3)17-20(18,19)14-8-13(15)7-6-12(14)9-16-4/h6-8,10-11,16-17H,5,9H2,1-4H3. The van der Waals surface area contributed by atoms with Crippen molar-refractivity contribution < 1.29 is 12.8 Å². The number of rotatable bonds is 7. The minimum absolute atomic E-state index is 0.00185.